The van der Waals surface area contributed by atoms with E-state index in [0.717, 1.165) is 19.4 Å². The molecule has 0 aromatic carbocycles. The van der Waals surface area contributed by atoms with E-state index in [0.29, 0.717) is 32.0 Å². The smallest absolute Gasteiger partial charge is 0.225 e. The van der Waals surface area contributed by atoms with E-state index in [9.17, 15) is 9.59 Å². The van der Waals surface area contributed by atoms with Gasteiger partial charge >= 0.3 is 0 Å². The third-order valence-electron chi connectivity index (χ3n) is 4.71. The van der Waals surface area contributed by atoms with Crippen LogP contribution in [0.5, 0.6) is 0 Å². The SMILES string of the molecule is CN(C)CCN1CC(C(=O)NC(C)(CN)C2CC2)CC1=O. The van der Waals surface area contributed by atoms with Crippen molar-refractivity contribution in [1.82, 2.24) is 15.1 Å². The minimum absolute atomic E-state index is 0.0180. The van der Waals surface area contributed by atoms with Gasteiger partial charge in [0.15, 0.2) is 0 Å². The lowest BCUT2D eigenvalue weighted by Crippen LogP contribution is -2.54. The summed E-state index contributed by atoms with van der Waals surface area (Å²) in [4.78, 5) is 28.2. The maximum Gasteiger partial charge on any atom is 0.225 e. The number of likely N-dealkylation sites (N-methyl/N-ethyl adjacent to an activating group) is 1. The zero-order valence-electron chi connectivity index (χ0n) is 13.4. The van der Waals surface area contributed by atoms with Crippen LogP contribution < -0.4 is 11.1 Å². The molecule has 21 heavy (non-hydrogen) atoms. The number of likely N-dealkylation sites (tertiary alicyclic amines) is 1. The summed E-state index contributed by atoms with van der Waals surface area (Å²) in [6.45, 7) is 4.51. The van der Waals surface area contributed by atoms with E-state index in [1.165, 1.54) is 0 Å². The first-order valence-corrected chi connectivity index (χ1v) is 7.80. The number of amides is 2. The molecule has 2 unspecified atom stereocenters. The highest BCUT2D eigenvalue weighted by molar-refractivity contribution is 5.89. The second kappa shape index (κ2) is 6.32. The molecule has 0 radical (unpaired) electrons. The molecular formula is C15H28N4O2. The van der Waals surface area contributed by atoms with E-state index >= 15 is 0 Å². The first-order chi connectivity index (χ1) is 9.85. The van der Waals surface area contributed by atoms with Gasteiger partial charge < -0.3 is 20.9 Å². The molecule has 0 aromatic heterocycles. The highest BCUT2D eigenvalue weighted by atomic mass is 16.2. The van der Waals surface area contributed by atoms with Crippen LogP contribution in [0, 0.1) is 11.8 Å². The highest BCUT2D eigenvalue weighted by Gasteiger charge is 2.43. The second-order valence-corrected chi connectivity index (χ2v) is 6.93. The molecule has 6 nitrogen and oxygen atoms in total. The minimum atomic E-state index is -0.308. The van der Waals surface area contributed by atoms with Crippen LogP contribution in [0.1, 0.15) is 26.2 Å². The molecule has 2 rings (SSSR count). The summed E-state index contributed by atoms with van der Waals surface area (Å²) in [5.41, 5.74) is 5.52. The van der Waals surface area contributed by atoms with Gasteiger partial charge in [0.1, 0.15) is 0 Å². The quantitative estimate of drug-likeness (QED) is 0.672. The van der Waals surface area contributed by atoms with Crippen LogP contribution in [0.15, 0.2) is 0 Å². The van der Waals surface area contributed by atoms with Gasteiger partial charge in [-0.15, -0.1) is 0 Å². The summed E-state index contributed by atoms with van der Waals surface area (Å²) in [6, 6.07) is 0. The zero-order valence-corrected chi connectivity index (χ0v) is 13.4. The van der Waals surface area contributed by atoms with E-state index in [-0.39, 0.29) is 23.3 Å². The van der Waals surface area contributed by atoms with Crippen LogP contribution in [-0.2, 0) is 9.59 Å². The Kier molecular flexibility index (Phi) is 4.88. The summed E-state index contributed by atoms with van der Waals surface area (Å²) >= 11 is 0. The van der Waals surface area contributed by atoms with Crippen molar-refractivity contribution in [3.05, 3.63) is 0 Å². The molecular weight excluding hydrogens is 268 g/mol. The molecule has 1 aliphatic carbocycles. The molecule has 0 bridgehead atoms. The van der Waals surface area contributed by atoms with Gasteiger partial charge in [0, 0.05) is 32.6 Å². The molecule has 0 aromatic rings. The molecule has 120 valence electrons. The molecule has 2 fully saturated rings. The first kappa shape index (κ1) is 16.2. The van der Waals surface area contributed by atoms with Crippen LogP contribution in [-0.4, -0.2) is 67.4 Å². The van der Waals surface area contributed by atoms with Gasteiger partial charge in [0.05, 0.1) is 11.5 Å². The molecule has 2 aliphatic rings. The van der Waals surface area contributed by atoms with Gasteiger partial charge in [0.2, 0.25) is 11.8 Å². The van der Waals surface area contributed by atoms with Crippen LogP contribution in [0.3, 0.4) is 0 Å². The van der Waals surface area contributed by atoms with Crippen molar-refractivity contribution in [1.29, 1.82) is 0 Å². The summed E-state index contributed by atoms with van der Waals surface area (Å²) in [5, 5.41) is 3.10. The molecule has 1 saturated carbocycles. The molecule has 3 N–H and O–H groups in total. The fourth-order valence-electron chi connectivity index (χ4n) is 2.91. The van der Waals surface area contributed by atoms with Crippen molar-refractivity contribution >= 4 is 11.8 Å². The number of rotatable bonds is 7. The first-order valence-electron chi connectivity index (χ1n) is 7.80. The van der Waals surface area contributed by atoms with Crippen molar-refractivity contribution in [2.45, 2.75) is 31.7 Å². The van der Waals surface area contributed by atoms with Crippen molar-refractivity contribution < 1.29 is 9.59 Å². The number of nitrogens with two attached hydrogens (primary N) is 1. The minimum Gasteiger partial charge on any atom is -0.349 e. The standard InChI is InChI=1S/C15H28N4O2/c1-15(10-16,12-4-5-12)17-14(21)11-8-13(20)19(9-11)7-6-18(2)3/h11-12H,4-10,16H2,1-3H3,(H,17,21). The fraction of sp³-hybridized carbons (Fsp3) is 0.867. The Balaban J connectivity index is 1.87. The third-order valence-corrected chi connectivity index (χ3v) is 4.71. The Hall–Kier alpha value is -1.14. The van der Waals surface area contributed by atoms with Crippen LogP contribution in [0.25, 0.3) is 0 Å². The van der Waals surface area contributed by atoms with Gasteiger partial charge in [-0.2, -0.15) is 0 Å². The van der Waals surface area contributed by atoms with Gasteiger partial charge in [-0.3, -0.25) is 9.59 Å². The van der Waals surface area contributed by atoms with E-state index < -0.39 is 0 Å². The number of nitrogens with one attached hydrogen (secondary N) is 1. The summed E-state index contributed by atoms with van der Waals surface area (Å²) in [5.74, 6) is 0.325. The predicted molar refractivity (Wildman–Crippen MR) is 81.6 cm³/mol. The fourth-order valence-corrected chi connectivity index (χ4v) is 2.91. The summed E-state index contributed by atoms with van der Waals surface area (Å²) in [7, 11) is 3.96. The largest absolute Gasteiger partial charge is 0.349 e. The van der Waals surface area contributed by atoms with Crippen LogP contribution in [0.4, 0.5) is 0 Å². The number of carbonyl (C=O) groups excluding carboxylic acids is 2. The van der Waals surface area contributed by atoms with E-state index in [1.54, 1.807) is 4.90 Å². The van der Waals surface area contributed by atoms with Crippen LogP contribution in [0.2, 0.25) is 0 Å². The lowest BCUT2D eigenvalue weighted by molar-refractivity contribution is -0.129. The summed E-state index contributed by atoms with van der Waals surface area (Å²) < 4.78 is 0. The zero-order chi connectivity index (χ0) is 15.6. The normalized spacial score (nSPS) is 25.3. The molecule has 1 saturated heterocycles. The Morgan fingerprint density at radius 3 is 2.67 bits per heavy atom. The highest BCUT2D eigenvalue weighted by Crippen LogP contribution is 2.39. The van der Waals surface area contributed by atoms with Crippen LogP contribution >= 0.6 is 0 Å². The molecule has 0 spiro atoms. The molecule has 2 atom stereocenters. The number of hydrogen-bond donors (Lipinski definition) is 2. The Bertz CT molecular complexity index is 408. The monoisotopic (exact) mass is 296 g/mol. The van der Waals surface area contributed by atoms with E-state index in [1.807, 2.05) is 25.9 Å². The maximum atomic E-state index is 12.4. The van der Waals surface area contributed by atoms with Crippen molar-refractivity contribution in [3.63, 3.8) is 0 Å². The van der Waals surface area contributed by atoms with Crippen molar-refractivity contribution in [2.75, 3.05) is 40.3 Å². The number of hydrogen-bond acceptors (Lipinski definition) is 4. The van der Waals surface area contributed by atoms with Gasteiger partial charge in [-0.05, 0) is 39.8 Å². The lowest BCUT2D eigenvalue weighted by atomic mass is 9.94. The number of nitrogens with zero attached hydrogens (tertiary/aromatic N) is 2. The molecule has 1 heterocycles. The topological polar surface area (TPSA) is 78.7 Å². The number of carbonyl (C=O) groups is 2. The third kappa shape index (κ3) is 3.95. The van der Waals surface area contributed by atoms with E-state index in [2.05, 4.69) is 5.32 Å². The summed E-state index contributed by atoms with van der Waals surface area (Å²) in [6.07, 6.45) is 2.59. The maximum absolute atomic E-state index is 12.4. The Labute approximate surface area is 127 Å². The van der Waals surface area contributed by atoms with Crippen molar-refractivity contribution in [3.8, 4) is 0 Å². The molecule has 6 heteroatoms. The van der Waals surface area contributed by atoms with Gasteiger partial charge in [0.25, 0.3) is 0 Å². The van der Waals surface area contributed by atoms with Gasteiger partial charge in [-0.25, -0.2) is 0 Å². The average molecular weight is 296 g/mol. The van der Waals surface area contributed by atoms with Crippen molar-refractivity contribution in [2.24, 2.45) is 17.6 Å². The predicted octanol–water partition coefficient (Wildman–Crippen LogP) is -0.360. The second-order valence-electron chi connectivity index (χ2n) is 6.93. The Morgan fingerprint density at radius 1 is 1.48 bits per heavy atom. The van der Waals surface area contributed by atoms with E-state index in [4.69, 9.17) is 5.73 Å². The Morgan fingerprint density at radius 2 is 2.14 bits per heavy atom. The molecule has 2 amide bonds. The lowest BCUT2D eigenvalue weighted by Gasteiger charge is -2.30. The molecule has 1 aliphatic heterocycles. The van der Waals surface area contributed by atoms with Gasteiger partial charge in [-0.1, -0.05) is 0 Å². The average Bonchev–Trinajstić information content (AvgIpc) is 3.21.